The molecular weight excluding hydrogens is 236 g/mol. The second kappa shape index (κ2) is 5.04. The zero-order valence-corrected chi connectivity index (χ0v) is 9.78. The Morgan fingerprint density at radius 1 is 1.22 bits per heavy atom. The second-order valence-electron chi connectivity index (χ2n) is 4.00. The molecule has 1 aromatic carbocycles. The van der Waals surface area contributed by atoms with Crippen molar-refractivity contribution in [1.29, 1.82) is 0 Å². The Kier molecular flexibility index (Phi) is 3.46. The molecule has 92 valence electrons. The van der Waals surface area contributed by atoms with E-state index in [1.54, 1.807) is 12.3 Å². The first-order valence-electron chi connectivity index (χ1n) is 5.46. The number of aromatic nitrogens is 1. The molecule has 0 fully saturated rings. The molecule has 18 heavy (non-hydrogen) atoms. The first-order chi connectivity index (χ1) is 8.58. The first kappa shape index (κ1) is 12.4. The highest BCUT2D eigenvalue weighted by Gasteiger charge is 2.12. The molecule has 0 spiro atoms. The van der Waals surface area contributed by atoms with Gasteiger partial charge in [0, 0.05) is 11.8 Å². The van der Waals surface area contributed by atoms with Gasteiger partial charge in [-0.15, -0.1) is 0 Å². The van der Waals surface area contributed by atoms with Crippen LogP contribution in [0.3, 0.4) is 0 Å². The smallest absolute Gasteiger partial charge is 0.168 e. The maximum atomic E-state index is 13.0. The van der Waals surface area contributed by atoms with Crippen molar-refractivity contribution in [1.82, 2.24) is 4.98 Å². The van der Waals surface area contributed by atoms with E-state index in [9.17, 15) is 13.6 Å². The van der Waals surface area contributed by atoms with Crippen molar-refractivity contribution in [3.63, 3.8) is 0 Å². The summed E-state index contributed by atoms with van der Waals surface area (Å²) in [6.45, 7) is 1.85. The summed E-state index contributed by atoms with van der Waals surface area (Å²) in [5.41, 5.74) is 1.69. The fourth-order valence-corrected chi connectivity index (χ4v) is 1.63. The molecule has 0 N–H and O–H groups in total. The lowest BCUT2D eigenvalue weighted by molar-refractivity contribution is 0.0991. The SMILES string of the molecule is Cc1cccnc1CC(=O)c1ccc(F)c(F)c1. The standard InChI is InChI=1S/C14H11F2NO/c1-9-3-2-6-17-13(9)8-14(18)10-4-5-11(15)12(16)7-10/h2-7H,8H2,1H3. The molecule has 2 aromatic rings. The molecule has 0 saturated carbocycles. The predicted molar refractivity (Wildman–Crippen MR) is 63.4 cm³/mol. The van der Waals surface area contributed by atoms with E-state index >= 15 is 0 Å². The number of benzene rings is 1. The van der Waals surface area contributed by atoms with E-state index in [0.29, 0.717) is 5.69 Å². The lowest BCUT2D eigenvalue weighted by Crippen LogP contribution is -2.07. The number of hydrogen-bond donors (Lipinski definition) is 0. The fourth-order valence-electron chi connectivity index (χ4n) is 1.63. The van der Waals surface area contributed by atoms with Crippen LogP contribution in [0.5, 0.6) is 0 Å². The number of hydrogen-bond acceptors (Lipinski definition) is 2. The highest BCUT2D eigenvalue weighted by molar-refractivity contribution is 5.97. The van der Waals surface area contributed by atoms with E-state index in [1.165, 1.54) is 6.07 Å². The van der Waals surface area contributed by atoms with E-state index in [-0.39, 0.29) is 17.8 Å². The van der Waals surface area contributed by atoms with Crippen molar-refractivity contribution in [2.45, 2.75) is 13.3 Å². The fraction of sp³-hybridized carbons (Fsp3) is 0.143. The number of nitrogens with zero attached hydrogens (tertiary/aromatic N) is 1. The Labute approximate surface area is 103 Å². The third-order valence-electron chi connectivity index (χ3n) is 2.69. The third kappa shape index (κ3) is 2.59. The van der Waals surface area contributed by atoms with Crippen molar-refractivity contribution in [2.75, 3.05) is 0 Å². The average Bonchev–Trinajstić information content (AvgIpc) is 2.35. The number of Topliss-reactive ketones (excluding diaryl/α,β-unsaturated/α-hetero) is 1. The van der Waals surface area contributed by atoms with E-state index in [0.717, 1.165) is 17.7 Å². The molecule has 0 aliphatic heterocycles. The van der Waals surface area contributed by atoms with Gasteiger partial charge in [-0.3, -0.25) is 9.78 Å². The van der Waals surface area contributed by atoms with Crippen molar-refractivity contribution >= 4 is 5.78 Å². The van der Waals surface area contributed by atoms with Crippen LogP contribution in [0.4, 0.5) is 8.78 Å². The molecular formula is C14H11F2NO. The summed E-state index contributed by atoms with van der Waals surface area (Å²) in [5, 5.41) is 0. The molecule has 0 aliphatic carbocycles. The Morgan fingerprint density at radius 2 is 2.00 bits per heavy atom. The van der Waals surface area contributed by atoms with Gasteiger partial charge in [0.15, 0.2) is 17.4 Å². The maximum Gasteiger partial charge on any atom is 0.168 e. The first-order valence-corrected chi connectivity index (χ1v) is 5.46. The lowest BCUT2D eigenvalue weighted by Gasteiger charge is -2.04. The Hall–Kier alpha value is -2.10. The number of pyridine rings is 1. The van der Waals surface area contributed by atoms with Crippen LogP contribution in [0.15, 0.2) is 36.5 Å². The largest absolute Gasteiger partial charge is 0.294 e. The molecule has 0 atom stereocenters. The summed E-state index contributed by atoms with van der Waals surface area (Å²) >= 11 is 0. The highest BCUT2D eigenvalue weighted by atomic mass is 19.2. The van der Waals surface area contributed by atoms with Gasteiger partial charge in [0.05, 0.1) is 12.1 Å². The van der Waals surface area contributed by atoms with E-state index in [2.05, 4.69) is 4.98 Å². The highest BCUT2D eigenvalue weighted by Crippen LogP contribution is 2.12. The molecule has 1 heterocycles. The van der Waals surface area contributed by atoms with E-state index in [1.807, 2.05) is 13.0 Å². The lowest BCUT2D eigenvalue weighted by atomic mass is 10.0. The van der Waals surface area contributed by atoms with Gasteiger partial charge in [-0.25, -0.2) is 8.78 Å². The van der Waals surface area contributed by atoms with Crippen LogP contribution in [0, 0.1) is 18.6 Å². The second-order valence-corrected chi connectivity index (χ2v) is 4.00. The molecule has 2 rings (SSSR count). The Morgan fingerprint density at radius 3 is 2.67 bits per heavy atom. The van der Waals surface area contributed by atoms with Crippen molar-refractivity contribution in [3.05, 3.63) is 65.0 Å². The van der Waals surface area contributed by atoms with Crippen LogP contribution in [0.2, 0.25) is 0 Å². The number of halogens is 2. The van der Waals surface area contributed by atoms with Crippen LogP contribution >= 0.6 is 0 Å². The van der Waals surface area contributed by atoms with Gasteiger partial charge in [-0.2, -0.15) is 0 Å². The summed E-state index contributed by atoms with van der Waals surface area (Å²) in [7, 11) is 0. The van der Waals surface area contributed by atoms with Crippen LogP contribution in [0.1, 0.15) is 21.6 Å². The van der Waals surface area contributed by atoms with E-state index < -0.39 is 11.6 Å². The van der Waals surface area contributed by atoms with Gasteiger partial charge < -0.3 is 0 Å². The quantitative estimate of drug-likeness (QED) is 0.780. The number of carbonyl (C=O) groups is 1. The van der Waals surface area contributed by atoms with Crippen molar-refractivity contribution < 1.29 is 13.6 Å². The van der Waals surface area contributed by atoms with Gasteiger partial charge in [0.1, 0.15) is 0 Å². The van der Waals surface area contributed by atoms with Crippen molar-refractivity contribution in [3.8, 4) is 0 Å². The Balaban J connectivity index is 2.22. The van der Waals surface area contributed by atoms with E-state index in [4.69, 9.17) is 0 Å². The molecule has 0 bridgehead atoms. The summed E-state index contributed by atoms with van der Waals surface area (Å²) in [4.78, 5) is 16.0. The molecule has 0 saturated heterocycles. The van der Waals surface area contributed by atoms with Gasteiger partial charge in [-0.05, 0) is 36.8 Å². The van der Waals surface area contributed by atoms with Gasteiger partial charge in [0.2, 0.25) is 0 Å². The van der Waals surface area contributed by atoms with Crippen LogP contribution in [0.25, 0.3) is 0 Å². The maximum absolute atomic E-state index is 13.0. The average molecular weight is 247 g/mol. The summed E-state index contributed by atoms with van der Waals surface area (Å²) < 4.78 is 25.8. The van der Waals surface area contributed by atoms with Crippen LogP contribution < -0.4 is 0 Å². The van der Waals surface area contributed by atoms with Gasteiger partial charge in [0.25, 0.3) is 0 Å². The molecule has 2 nitrogen and oxygen atoms in total. The molecule has 0 aliphatic rings. The number of carbonyl (C=O) groups excluding carboxylic acids is 1. The summed E-state index contributed by atoms with van der Waals surface area (Å²) in [6, 6.07) is 6.77. The number of ketones is 1. The summed E-state index contributed by atoms with van der Waals surface area (Å²) in [5.74, 6) is -2.25. The van der Waals surface area contributed by atoms with Crippen molar-refractivity contribution in [2.24, 2.45) is 0 Å². The zero-order valence-electron chi connectivity index (χ0n) is 9.78. The minimum Gasteiger partial charge on any atom is -0.294 e. The molecule has 4 heteroatoms. The minimum absolute atomic E-state index is 0.0811. The normalized spacial score (nSPS) is 10.4. The predicted octanol–water partition coefficient (Wildman–Crippen LogP) is 3.09. The molecule has 0 unspecified atom stereocenters. The zero-order chi connectivity index (χ0) is 13.1. The number of aryl methyl sites for hydroxylation is 1. The summed E-state index contributed by atoms with van der Waals surface area (Å²) in [6.07, 6.45) is 1.68. The molecule has 0 radical (unpaired) electrons. The van der Waals surface area contributed by atoms with Crippen LogP contribution in [-0.2, 0) is 6.42 Å². The monoisotopic (exact) mass is 247 g/mol. The topological polar surface area (TPSA) is 30.0 Å². The van der Waals surface area contributed by atoms with Crippen LogP contribution in [-0.4, -0.2) is 10.8 Å². The molecule has 1 aromatic heterocycles. The molecule has 0 amide bonds. The number of rotatable bonds is 3. The Bertz CT molecular complexity index is 596. The third-order valence-corrected chi connectivity index (χ3v) is 2.69. The minimum atomic E-state index is -1.02. The van der Waals surface area contributed by atoms with Gasteiger partial charge in [-0.1, -0.05) is 6.07 Å². The van der Waals surface area contributed by atoms with Gasteiger partial charge >= 0.3 is 0 Å².